The lowest BCUT2D eigenvalue weighted by Crippen LogP contribution is -2.30. The molecule has 0 saturated carbocycles. The third kappa shape index (κ3) is 5.58. The minimum atomic E-state index is -0.190. The van der Waals surface area contributed by atoms with E-state index in [1.54, 1.807) is 44.8 Å². The summed E-state index contributed by atoms with van der Waals surface area (Å²) in [4.78, 5) is 14.1. The predicted molar refractivity (Wildman–Crippen MR) is 125 cm³/mol. The van der Waals surface area contributed by atoms with Crippen molar-refractivity contribution in [1.82, 2.24) is 5.32 Å². The Kier molecular flexibility index (Phi) is 7.95. The maximum atomic E-state index is 13.0. The fourth-order valence-corrected chi connectivity index (χ4v) is 4.38. The van der Waals surface area contributed by atoms with Crippen molar-refractivity contribution in [2.75, 3.05) is 21.3 Å². The van der Waals surface area contributed by atoms with Gasteiger partial charge < -0.3 is 19.5 Å². The van der Waals surface area contributed by atoms with Gasteiger partial charge in [0, 0.05) is 4.88 Å². The van der Waals surface area contributed by atoms with Gasteiger partial charge in [0.1, 0.15) is 0 Å². The minimum Gasteiger partial charge on any atom is -0.493 e. The van der Waals surface area contributed by atoms with E-state index >= 15 is 0 Å². The van der Waals surface area contributed by atoms with E-state index in [1.807, 2.05) is 11.4 Å². The molecule has 6 heteroatoms. The molecule has 2 aromatic carbocycles. The van der Waals surface area contributed by atoms with Crippen molar-refractivity contribution in [2.24, 2.45) is 0 Å². The van der Waals surface area contributed by atoms with Gasteiger partial charge in [-0.25, -0.2) is 0 Å². The fourth-order valence-electron chi connectivity index (χ4n) is 3.57. The van der Waals surface area contributed by atoms with Crippen LogP contribution in [0.15, 0.2) is 53.9 Å². The first-order valence-electron chi connectivity index (χ1n) is 10.3. The van der Waals surface area contributed by atoms with Gasteiger partial charge in [-0.05, 0) is 46.7 Å². The zero-order valence-electron chi connectivity index (χ0n) is 18.4. The molecule has 0 aliphatic rings. The SMILES string of the molecule is CCCc1ccc(C(NC(=O)Cc2cc(OC)c(OC)c(OC)c2)c2cccs2)cc1. The van der Waals surface area contributed by atoms with Crippen LogP contribution in [0.5, 0.6) is 17.2 Å². The van der Waals surface area contributed by atoms with Crippen LogP contribution in [0.25, 0.3) is 0 Å². The van der Waals surface area contributed by atoms with Crippen molar-refractivity contribution in [3.05, 3.63) is 75.5 Å². The first-order chi connectivity index (χ1) is 15.1. The molecule has 0 radical (unpaired) electrons. The van der Waals surface area contributed by atoms with E-state index in [-0.39, 0.29) is 18.4 Å². The molecule has 0 spiro atoms. The molecule has 0 bridgehead atoms. The van der Waals surface area contributed by atoms with Gasteiger partial charge in [0.05, 0.1) is 33.8 Å². The molecule has 1 atom stereocenters. The first-order valence-corrected chi connectivity index (χ1v) is 11.2. The smallest absolute Gasteiger partial charge is 0.225 e. The van der Waals surface area contributed by atoms with E-state index in [2.05, 4.69) is 42.6 Å². The summed E-state index contributed by atoms with van der Waals surface area (Å²) in [5.74, 6) is 1.50. The summed E-state index contributed by atoms with van der Waals surface area (Å²) in [5, 5.41) is 5.22. The zero-order chi connectivity index (χ0) is 22.2. The molecule has 1 aromatic heterocycles. The molecule has 1 unspecified atom stereocenters. The Hall–Kier alpha value is -2.99. The Morgan fingerprint density at radius 2 is 1.65 bits per heavy atom. The highest BCUT2D eigenvalue weighted by molar-refractivity contribution is 7.10. The summed E-state index contributed by atoms with van der Waals surface area (Å²) in [6.45, 7) is 2.17. The molecule has 0 saturated heterocycles. The number of ether oxygens (including phenoxy) is 3. The van der Waals surface area contributed by atoms with E-state index in [0.29, 0.717) is 17.2 Å². The van der Waals surface area contributed by atoms with Gasteiger partial charge in [-0.3, -0.25) is 4.79 Å². The van der Waals surface area contributed by atoms with Crippen molar-refractivity contribution in [2.45, 2.75) is 32.2 Å². The van der Waals surface area contributed by atoms with Gasteiger partial charge in [-0.1, -0.05) is 43.7 Å². The Bertz CT molecular complexity index is 958. The van der Waals surface area contributed by atoms with Crippen LogP contribution in [0.1, 0.15) is 41.0 Å². The molecule has 164 valence electrons. The van der Waals surface area contributed by atoms with E-state index in [9.17, 15) is 4.79 Å². The van der Waals surface area contributed by atoms with Crippen LogP contribution in [-0.4, -0.2) is 27.2 Å². The number of nitrogens with one attached hydrogen (secondary N) is 1. The van der Waals surface area contributed by atoms with E-state index in [1.165, 1.54) is 5.56 Å². The number of benzene rings is 2. The Morgan fingerprint density at radius 3 is 2.16 bits per heavy atom. The molecule has 1 heterocycles. The monoisotopic (exact) mass is 439 g/mol. The van der Waals surface area contributed by atoms with Crippen molar-refractivity contribution >= 4 is 17.2 Å². The van der Waals surface area contributed by atoms with Gasteiger partial charge in [0.2, 0.25) is 11.7 Å². The summed E-state index contributed by atoms with van der Waals surface area (Å²) in [5.41, 5.74) is 3.16. The molecular formula is C25H29NO4S. The maximum Gasteiger partial charge on any atom is 0.225 e. The summed E-state index contributed by atoms with van der Waals surface area (Å²) in [6, 6.07) is 16.0. The summed E-state index contributed by atoms with van der Waals surface area (Å²) >= 11 is 1.63. The molecule has 3 aromatic rings. The Morgan fingerprint density at radius 1 is 0.968 bits per heavy atom. The summed E-state index contributed by atoms with van der Waals surface area (Å²) in [7, 11) is 4.69. The average Bonchev–Trinajstić information content (AvgIpc) is 3.32. The van der Waals surface area contributed by atoms with Gasteiger partial charge in [0.25, 0.3) is 0 Å². The van der Waals surface area contributed by atoms with Crippen molar-refractivity contribution < 1.29 is 19.0 Å². The highest BCUT2D eigenvalue weighted by Gasteiger charge is 2.20. The van der Waals surface area contributed by atoms with Crippen LogP contribution >= 0.6 is 11.3 Å². The molecule has 3 rings (SSSR count). The third-order valence-corrected chi connectivity index (χ3v) is 6.01. The quantitative estimate of drug-likeness (QED) is 0.473. The van der Waals surface area contributed by atoms with Crippen LogP contribution in [0.4, 0.5) is 0 Å². The molecule has 0 fully saturated rings. The molecule has 0 aliphatic carbocycles. The zero-order valence-corrected chi connectivity index (χ0v) is 19.3. The maximum absolute atomic E-state index is 13.0. The van der Waals surface area contributed by atoms with Crippen molar-refractivity contribution in [3.8, 4) is 17.2 Å². The Labute approximate surface area is 188 Å². The van der Waals surface area contributed by atoms with Crippen LogP contribution in [-0.2, 0) is 17.6 Å². The molecule has 31 heavy (non-hydrogen) atoms. The lowest BCUT2D eigenvalue weighted by Gasteiger charge is -2.19. The molecular weight excluding hydrogens is 410 g/mol. The largest absolute Gasteiger partial charge is 0.493 e. The van der Waals surface area contributed by atoms with E-state index < -0.39 is 0 Å². The second-order valence-electron chi connectivity index (χ2n) is 7.22. The van der Waals surface area contributed by atoms with Gasteiger partial charge in [-0.2, -0.15) is 0 Å². The third-order valence-electron chi connectivity index (χ3n) is 5.07. The average molecular weight is 440 g/mol. The van der Waals surface area contributed by atoms with Gasteiger partial charge in [-0.15, -0.1) is 11.3 Å². The molecule has 5 nitrogen and oxygen atoms in total. The lowest BCUT2D eigenvalue weighted by atomic mass is 10.0. The number of carbonyl (C=O) groups is 1. The van der Waals surface area contributed by atoms with Crippen LogP contribution in [0.2, 0.25) is 0 Å². The van der Waals surface area contributed by atoms with Crippen LogP contribution in [0, 0.1) is 0 Å². The van der Waals surface area contributed by atoms with E-state index in [4.69, 9.17) is 14.2 Å². The van der Waals surface area contributed by atoms with Gasteiger partial charge >= 0.3 is 0 Å². The van der Waals surface area contributed by atoms with Gasteiger partial charge in [0.15, 0.2) is 11.5 Å². The predicted octanol–water partition coefficient (Wildman–Crippen LogP) is 5.17. The van der Waals surface area contributed by atoms with Crippen molar-refractivity contribution in [1.29, 1.82) is 0 Å². The Balaban J connectivity index is 1.81. The summed E-state index contributed by atoms with van der Waals surface area (Å²) < 4.78 is 16.2. The topological polar surface area (TPSA) is 56.8 Å². The lowest BCUT2D eigenvalue weighted by molar-refractivity contribution is -0.120. The first kappa shape index (κ1) is 22.7. The molecule has 1 amide bonds. The van der Waals surface area contributed by atoms with Crippen LogP contribution in [0.3, 0.4) is 0 Å². The summed E-state index contributed by atoms with van der Waals surface area (Å²) in [6.07, 6.45) is 2.36. The number of hydrogen-bond acceptors (Lipinski definition) is 5. The van der Waals surface area contributed by atoms with E-state index in [0.717, 1.165) is 28.8 Å². The fraction of sp³-hybridized carbons (Fsp3) is 0.320. The van der Waals surface area contributed by atoms with Crippen molar-refractivity contribution in [3.63, 3.8) is 0 Å². The number of amides is 1. The number of aryl methyl sites for hydroxylation is 1. The number of methoxy groups -OCH3 is 3. The highest BCUT2D eigenvalue weighted by Crippen LogP contribution is 2.38. The normalized spacial score (nSPS) is 11.6. The molecule has 0 aliphatic heterocycles. The number of hydrogen-bond donors (Lipinski definition) is 1. The minimum absolute atomic E-state index is 0.0784. The second-order valence-corrected chi connectivity index (χ2v) is 8.20. The number of carbonyl (C=O) groups excluding carboxylic acids is 1. The number of rotatable bonds is 10. The highest BCUT2D eigenvalue weighted by atomic mass is 32.1. The number of thiophene rings is 1. The molecule has 1 N–H and O–H groups in total. The second kappa shape index (κ2) is 10.9. The standard InChI is InChI=1S/C25H29NO4S/c1-5-7-17-9-11-19(12-10-17)24(22-8-6-13-31-22)26-23(27)16-18-14-20(28-2)25(30-4)21(15-18)29-3/h6,8-15,24H,5,7,16H2,1-4H3,(H,26,27). The van der Waals surface area contributed by atoms with Crippen LogP contribution < -0.4 is 19.5 Å².